The van der Waals surface area contributed by atoms with Crippen LogP contribution in [0.15, 0.2) is 55.0 Å². The summed E-state index contributed by atoms with van der Waals surface area (Å²) in [6.45, 7) is 1.60. The van der Waals surface area contributed by atoms with Crippen molar-refractivity contribution >= 4 is 28.0 Å². The highest BCUT2D eigenvalue weighted by Crippen LogP contribution is 2.38. The molecule has 2 atom stereocenters. The molecule has 3 heterocycles. The Balaban J connectivity index is 1.68. The van der Waals surface area contributed by atoms with Crippen LogP contribution >= 0.6 is 0 Å². The minimum absolute atomic E-state index is 0.259. The third-order valence-corrected chi connectivity index (χ3v) is 6.06. The topological polar surface area (TPSA) is 85.3 Å². The SMILES string of the molecule is C[C@]1(F)CCC[C@H]1Nc1c(C(N)=O)cnn2cc(-c3cccc4ncccc34)cc12. The molecular weight excluding hydrogens is 381 g/mol. The van der Waals surface area contributed by atoms with E-state index in [1.54, 1.807) is 17.6 Å². The number of halogens is 1. The van der Waals surface area contributed by atoms with Gasteiger partial charge in [-0.3, -0.25) is 9.78 Å². The summed E-state index contributed by atoms with van der Waals surface area (Å²) in [7, 11) is 0. The molecule has 0 aliphatic heterocycles. The molecule has 3 aromatic heterocycles. The van der Waals surface area contributed by atoms with Crippen molar-refractivity contribution in [3.8, 4) is 11.1 Å². The van der Waals surface area contributed by atoms with E-state index in [1.165, 1.54) is 6.20 Å². The Hall–Kier alpha value is -3.48. The van der Waals surface area contributed by atoms with E-state index < -0.39 is 11.6 Å². The first-order valence-electron chi connectivity index (χ1n) is 10.0. The van der Waals surface area contributed by atoms with Crippen molar-refractivity contribution in [3.63, 3.8) is 0 Å². The van der Waals surface area contributed by atoms with Gasteiger partial charge in [0.15, 0.2) is 0 Å². The molecule has 0 unspecified atom stereocenters. The van der Waals surface area contributed by atoms with E-state index in [1.807, 2.05) is 42.6 Å². The number of primary amides is 1. The van der Waals surface area contributed by atoms with Crippen LogP contribution in [0.2, 0.25) is 0 Å². The van der Waals surface area contributed by atoms with Gasteiger partial charge < -0.3 is 11.1 Å². The number of pyridine rings is 1. The van der Waals surface area contributed by atoms with Gasteiger partial charge in [0.1, 0.15) is 5.67 Å². The number of hydrogen-bond donors (Lipinski definition) is 2. The molecule has 1 fully saturated rings. The first-order chi connectivity index (χ1) is 14.4. The highest BCUT2D eigenvalue weighted by atomic mass is 19.1. The zero-order valence-corrected chi connectivity index (χ0v) is 16.6. The number of fused-ring (bicyclic) bond motifs is 2. The molecule has 1 saturated carbocycles. The number of carbonyl (C=O) groups is 1. The molecule has 0 spiro atoms. The molecule has 4 aromatic rings. The lowest BCUT2D eigenvalue weighted by Crippen LogP contribution is -2.36. The second kappa shape index (κ2) is 6.79. The Morgan fingerprint density at radius 3 is 2.97 bits per heavy atom. The molecule has 1 aliphatic carbocycles. The maximum atomic E-state index is 14.9. The summed E-state index contributed by atoms with van der Waals surface area (Å²) in [5.74, 6) is -0.594. The predicted molar refractivity (Wildman–Crippen MR) is 115 cm³/mol. The van der Waals surface area contributed by atoms with E-state index in [0.717, 1.165) is 28.5 Å². The molecule has 5 rings (SSSR count). The smallest absolute Gasteiger partial charge is 0.252 e. The zero-order chi connectivity index (χ0) is 20.9. The molecule has 30 heavy (non-hydrogen) atoms. The van der Waals surface area contributed by atoms with Crippen LogP contribution in [0.1, 0.15) is 36.5 Å². The molecule has 1 aromatic carbocycles. The lowest BCUT2D eigenvalue weighted by atomic mass is 10.0. The van der Waals surface area contributed by atoms with E-state index in [9.17, 15) is 9.18 Å². The quantitative estimate of drug-likeness (QED) is 0.531. The van der Waals surface area contributed by atoms with Crippen LogP contribution < -0.4 is 11.1 Å². The van der Waals surface area contributed by atoms with Crippen LogP contribution in [0.5, 0.6) is 0 Å². The van der Waals surface area contributed by atoms with Crippen molar-refractivity contribution in [2.24, 2.45) is 5.73 Å². The third kappa shape index (κ3) is 2.98. The van der Waals surface area contributed by atoms with E-state index >= 15 is 0 Å². The second-order valence-corrected chi connectivity index (χ2v) is 8.10. The number of benzene rings is 1. The van der Waals surface area contributed by atoms with E-state index in [-0.39, 0.29) is 11.6 Å². The number of carbonyl (C=O) groups excluding carboxylic acids is 1. The standard InChI is InChI=1S/C23H22FN5O/c1-23(24)9-3-8-20(23)28-21-17(22(25)30)12-27-29-13-14(11-19(21)29)15-5-2-7-18-16(15)6-4-10-26-18/h2,4-7,10-13,20,28H,3,8-9H2,1H3,(H2,25,30)/t20-,23+/m1/s1. The summed E-state index contributed by atoms with van der Waals surface area (Å²) < 4.78 is 16.6. The molecule has 1 amide bonds. The van der Waals surface area contributed by atoms with Crippen molar-refractivity contribution in [3.05, 3.63) is 60.6 Å². The Morgan fingerprint density at radius 2 is 2.20 bits per heavy atom. The summed E-state index contributed by atoms with van der Waals surface area (Å²) >= 11 is 0. The normalized spacial score (nSPS) is 21.3. The maximum Gasteiger partial charge on any atom is 0.252 e. The number of nitrogens with zero attached hydrogens (tertiary/aromatic N) is 3. The monoisotopic (exact) mass is 403 g/mol. The van der Waals surface area contributed by atoms with Crippen molar-refractivity contribution in [1.82, 2.24) is 14.6 Å². The number of nitrogens with one attached hydrogen (secondary N) is 1. The first kappa shape index (κ1) is 18.5. The predicted octanol–water partition coefficient (Wildman–Crippen LogP) is 4.34. The van der Waals surface area contributed by atoms with Crippen molar-refractivity contribution < 1.29 is 9.18 Å². The summed E-state index contributed by atoms with van der Waals surface area (Å²) in [6.07, 6.45) is 7.09. The van der Waals surface area contributed by atoms with Gasteiger partial charge in [0.05, 0.1) is 34.5 Å². The van der Waals surface area contributed by atoms with Gasteiger partial charge in [-0.25, -0.2) is 8.91 Å². The molecule has 0 saturated heterocycles. The lowest BCUT2D eigenvalue weighted by molar-refractivity contribution is 0.1000. The third-order valence-electron chi connectivity index (χ3n) is 6.06. The van der Waals surface area contributed by atoms with Crippen molar-refractivity contribution in [1.29, 1.82) is 0 Å². The number of hydrogen-bond acceptors (Lipinski definition) is 4. The van der Waals surface area contributed by atoms with Gasteiger partial charge >= 0.3 is 0 Å². The highest BCUT2D eigenvalue weighted by molar-refractivity contribution is 6.03. The number of amides is 1. The first-order valence-corrected chi connectivity index (χ1v) is 10.0. The number of anilines is 1. The van der Waals surface area contributed by atoms with Crippen LogP contribution in [-0.4, -0.2) is 32.2 Å². The maximum absolute atomic E-state index is 14.9. The van der Waals surface area contributed by atoms with Crippen LogP contribution in [0.25, 0.3) is 27.5 Å². The van der Waals surface area contributed by atoms with E-state index in [4.69, 9.17) is 5.73 Å². The largest absolute Gasteiger partial charge is 0.377 e. The minimum Gasteiger partial charge on any atom is -0.377 e. The van der Waals surface area contributed by atoms with Gasteiger partial charge in [-0.1, -0.05) is 18.2 Å². The summed E-state index contributed by atoms with van der Waals surface area (Å²) in [5, 5.41) is 8.66. The second-order valence-electron chi connectivity index (χ2n) is 8.10. The molecule has 0 bridgehead atoms. The van der Waals surface area contributed by atoms with Crippen molar-refractivity contribution in [2.45, 2.75) is 37.9 Å². The average molecular weight is 403 g/mol. The Kier molecular flexibility index (Phi) is 4.20. The summed E-state index contributed by atoms with van der Waals surface area (Å²) in [5.41, 5.74) is 8.57. The Bertz CT molecular complexity index is 1270. The van der Waals surface area contributed by atoms with Gasteiger partial charge in [0, 0.05) is 23.3 Å². The van der Waals surface area contributed by atoms with Gasteiger partial charge in [-0.15, -0.1) is 0 Å². The molecule has 0 radical (unpaired) electrons. The zero-order valence-electron chi connectivity index (χ0n) is 16.6. The van der Waals surface area contributed by atoms with Gasteiger partial charge in [0.25, 0.3) is 5.91 Å². The minimum atomic E-state index is -1.34. The number of aromatic nitrogens is 3. The van der Waals surface area contributed by atoms with Crippen LogP contribution in [0.4, 0.5) is 10.1 Å². The van der Waals surface area contributed by atoms with Crippen molar-refractivity contribution in [2.75, 3.05) is 5.32 Å². The molecule has 1 aliphatic rings. The summed E-state index contributed by atoms with van der Waals surface area (Å²) in [4.78, 5) is 16.5. The van der Waals surface area contributed by atoms with Crippen LogP contribution in [0, 0.1) is 0 Å². The number of alkyl halides is 1. The number of nitrogens with two attached hydrogens (primary N) is 1. The van der Waals surface area contributed by atoms with Gasteiger partial charge in [-0.05, 0) is 49.9 Å². The Morgan fingerprint density at radius 1 is 1.33 bits per heavy atom. The van der Waals surface area contributed by atoms with Gasteiger partial charge in [0.2, 0.25) is 0 Å². The van der Waals surface area contributed by atoms with Crippen LogP contribution in [-0.2, 0) is 0 Å². The fraction of sp³-hybridized carbons (Fsp3) is 0.261. The molecule has 6 nitrogen and oxygen atoms in total. The fourth-order valence-corrected chi connectivity index (χ4v) is 4.42. The molecular formula is C23H22FN5O. The Labute approximate surface area is 172 Å². The molecule has 7 heteroatoms. The van der Waals surface area contributed by atoms with Crippen LogP contribution in [0.3, 0.4) is 0 Å². The van der Waals surface area contributed by atoms with E-state index in [2.05, 4.69) is 15.4 Å². The molecule has 3 N–H and O–H groups in total. The lowest BCUT2D eigenvalue weighted by Gasteiger charge is -2.26. The van der Waals surface area contributed by atoms with Gasteiger partial charge in [-0.2, -0.15) is 5.10 Å². The van der Waals surface area contributed by atoms with E-state index in [0.29, 0.717) is 24.0 Å². The number of rotatable bonds is 4. The summed E-state index contributed by atoms with van der Waals surface area (Å²) in [6, 6.07) is 11.4. The fourth-order valence-electron chi connectivity index (χ4n) is 4.42. The molecule has 152 valence electrons. The average Bonchev–Trinajstić information content (AvgIpc) is 3.30. The highest BCUT2D eigenvalue weighted by Gasteiger charge is 2.39.